The summed E-state index contributed by atoms with van der Waals surface area (Å²) in [6, 6.07) is 0. The maximum atomic E-state index is 5.98. The van der Waals surface area contributed by atoms with Gasteiger partial charge in [-0.3, -0.25) is 0 Å². The molecule has 0 radical (unpaired) electrons. The van der Waals surface area contributed by atoms with Gasteiger partial charge >= 0.3 is 18.9 Å². The summed E-state index contributed by atoms with van der Waals surface area (Å²) in [5.74, 6) is 0. The van der Waals surface area contributed by atoms with Gasteiger partial charge in [0.05, 0.1) is 7.11 Å². The fourth-order valence-corrected chi connectivity index (χ4v) is 0. The summed E-state index contributed by atoms with van der Waals surface area (Å²) in [5.41, 5.74) is 0. The van der Waals surface area contributed by atoms with Gasteiger partial charge < -0.3 is 11.2 Å². The smallest absolute Gasteiger partial charge is 0.648 e. The first kappa shape index (κ1) is 8.88. The Kier molecular flexibility index (Phi) is 16.0. The van der Waals surface area contributed by atoms with E-state index in [1.807, 2.05) is 0 Å². The number of hydrogen-bond donors (Lipinski definition) is 0. The van der Waals surface area contributed by atoms with Gasteiger partial charge in [-0.25, -0.2) is 0 Å². The second kappa shape index (κ2) is 9.03. The Labute approximate surface area is 43.9 Å². The Morgan fingerprint density at radius 2 is 2.00 bits per heavy atom. The van der Waals surface area contributed by atoms with Gasteiger partial charge in [0.2, 0.25) is 0 Å². The van der Waals surface area contributed by atoms with Crippen molar-refractivity contribution in [2.45, 2.75) is 0 Å². The van der Waals surface area contributed by atoms with Crippen molar-refractivity contribution in [3.05, 3.63) is 6.42 Å². The molecular formula is C3H3LiO. The Morgan fingerprint density at radius 1 is 1.80 bits per heavy atom. The minimum atomic E-state index is 0. The molecule has 0 rings (SSSR count). The average molecular weight is 62.0 g/mol. The van der Waals surface area contributed by atoms with Crippen LogP contribution in [0.25, 0.3) is 0 Å². The van der Waals surface area contributed by atoms with E-state index in [1.165, 1.54) is 7.11 Å². The van der Waals surface area contributed by atoms with Gasteiger partial charge in [0.15, 0.2) is 0 Å². The van der Waals surface area contributed by atoms with Gasteiger partial charge in [-0.15, -0.1) is 0 Å². The van der Waals surface area contributed by atoms with E-state index in [2.05, 4.69) is 4.74 Å². The van der Waals surface area contributed by atoms with Crippen molar-refractivity contribution in [2.24, 2.45) is 0 Å². The standard InChI is InChI=1S/C3H3O.Li/c1-3-4-2;/h2H3;/q-1;+1. The van der Waals surface area contributed by atoms with Crippen molar-refractivity contribution in [3.63, 3.8) is 0 Å². The third-order valence-corrected chi connectivity index (χ3v) is 0.102. The predicted octanol–water partition coefficient (Wildman–Crippen LogP) is -2.82. The van der Waals surface area contributed by atoms with E-state index < -0.39 is 0 Å². The van der Waals surface area contributed by atoms with Gasteiger partial charge in [-0.05, 0) is 0 Å². The molecule has 0 aromatic rings. The first-order valence-electron chi connectivity index (χ1n) is 0.862. The summed E-state index contributed by atoms with van der Waals surface area (Å²) in [4.78, 5) is 0. The zero-order valence-corrected chi connectivity index (χ0v) is 3.41. The van der Waals surface area contributed by atoms with E-state index in [9.17, 15) is 0 Å². The van der Waals surface area contributed by atoms with Crippen LogP contribution in [0.1, 0.15) is 0 Å². The van der Waals surface area contributed by atoms with Crippen LogP contribution in [0.5, 0.6) is 0 Å². The Balaban J connectivity index is 0. The van der Waals surface area contributed by atoms with Crippen molar-refractivity contribution < 1.29 is 23.6 Å². The summed E-state index contributed by atoms with van der Waals surface area (Å²) in [6.45, 7) is 0. The fourth-order valence-electron chi connectivity index (χ4n) is 0. The van der Waals surface area contributed by atoms with Crippen LogP contribution in [0, 0.1) is 12.5 Å². The SMILES string of the molecule is [C-]#COC.[Li+]. The van der Waals surface area contributed by atoms with Crippen molar-refractivity contribution >= 4 is 0 Å². The summed E-state index contributed by atoms with van der Waals surface area (Å²) in [5, 5.41) is 0. The van der Waals surface area contributed by atoms with Gasteiger partial charge in [-0.1, -0.05) is 0 Å². The molecule has 0 aliphatic rings. The van der Waals surface area contributed by atoms with E-state index in [0.29, 0.717) is 0 Å². The van der Waals surface area contributed by atoms with Crippen LogP contribution < -0.4 is 18.9 Å². The third-order valence-electron chi connectivity index (χ3n) is 0.102. The normalized spacial score (nSPS) is 3.20. The molecule has 2 heteroatoms. The van der Waals surface area contributed by atoms with Crippen LogP contribution in [-0.4, -0.2) is 7.11 Å². The Morgan fingerprint density at radius 3 is 2.00 bits per heavy atom. The molecule has 0 heterocycles. The van der Waals surface area contributed by atoms with Gasteiger partial charge in [0.1, 0.15) is 0 Å². The predicted molar refractivity (Wildman–Crippen MR) is 14.1 cm³/mol. The monoisotopic (exact) mass is 62.0 g/mol. The fraction of sp³-hybridized carbons (Fsp3) is 0.333. The number of rotatable bonds is 0. The number of ether oxygens (including phenoxy) is 1. The molecule has 0 aliphatic carbocycles. The summed E-state index contributed by atoms with van der Waals surface area (Å²) < 4.78 is 3.96. The van der Waals surface area contributed by atoms with E-state index in [-0.39, 0.29) is 18.9 Å². The Bertz CT molecular complexity index is 36.6. The van der Waals surface area contributed by atoms with E-state index in [0.717, 1.165) is 0 Å². The maximum Gasteiger partial charge on any atom is 1.00 e. The molecule has 0 amide bonds. The molecule has 0 N–H and O–H groups in total. The molecule has 0 saturated carbocycles. The molecule has 0 fully saturated rings. The second-order valence-corrected chi connectivity index (χ2v) is 0.306. The van der Waals surface area contributed by atoms with Gasteiger partial charge in [0.25, 0.3) is 0 Å². The topological polar surface area (TPSA) is 9.23 Å². The molecule has 0 unspecified atom stereocenters. The number of methoxy groups -OCH3 is 1. The zero-order valence-electron chi connectivity index (χ0n) is 3.41. The van der Waals surface area contributed by atoms with Gasteiger partial charge in [0, 0.05) is 0 Å². The Hall–Kier alpha value is -0.0426. The molecule has 22 valence electrons. The summed E-state index contributed by atoms with van der Waals surface area (Å²) >= 11 is 0. The minimum Gasteiger partial charge on any atom is -0.648 e. The molecule has 0 spiro atoms. The van der Waals surface area contributed by atoms with Crippen molar-refractivity contribution in [3.8, 4) is 6.11 Å². The molecule has 5 heavy (non-hydrogen) atoms. The van der Waals surface area contributed by atoms with Crippen LogP contribution in [0.2, 0.25) is 0 Å². The number of hydrogen-bond acceptors (Lipinski definition) is 1. The van der Waals surface area contributed by atoms with Crippen molar-refractivity contribution in [2.75, 3.05) is 7.11 Å². The molecule has 0 saturated heterocycles. The van der Waals surface area contributed by atoms with Crippen LogP contribution in [0.3, 0.4) is 0 Å². The maximum absolute atomic E-state index is 5.98. The third kappa shape index (κ3) is 16.5. The van der Waals surface area contributed by atoms with E-state index >= 15 is 0 Å². The zero-order chi connectivity index (χ0) is 3.41. The van der Waals surface area contributed by atoms with Crippen molar-refractivity contribution in [1.82, 2.24) is 0 Å². The molecule has 0 aromatic heterocycles. The first-order valence-corrected chi connectivity index (χ1v) is 0.862. The van der Waals surface area contributed by atoms with E-state index in [1.54, 1.807) is 6.11 Å². The molecule has 0 aliphatic heterocycles. The van der Waals surface area contributed by atoms with Crippen LogP contribution >= 0.6 is 0 Å². The largest absolute Gasteiger partial charge is 1.00 e. The second-order valence-electron chi connectivity index (χ2n) is 0.306. The van der Waals surface area contributed by atoms with Gasteiger partial charge in [-0.2, -0.15) is 6.11 Å². The molecular weight excluding hydrogens is 59.0 g/mol. The molecule has 1 nitrogen and oxygen atoms in total. The van der Waals surface area contributed by atoms with Crippen LogP contribution in [0.4, 0.5) is 0 Å². The molecule has 0 atom stereocenters. The molecule has 0 aromatic carbocycles. The van der Waals surface area contributed by atoms with Crippen LogP contribution in [0.15, 0.2) is 0 Å². The molecule has 0 bridgehead atoms. The van der Waals surface area contributed by atoms with E-state index in [4.69, 9.17) is 6.42 Å². The average Bonchev–Trinajstić information content (AvgIpc) is 1.37. The summed E-state index contributed by atoms with van der Waals surface area (Å²) in [6.07, 6.45) is 7.66. The van der Waals surface area contributed by atoms with Crippen LogP contribution in [-0.2, 0) is 4.74 Å². The minimum absolute atomic E-state index is 0. The van der Waals surface area contributed by atoms with Crippen molar-refractivity contribution in [1.29, 1.82) is 0 Å². The summed E-state index contributed by atoms with van der Waals surface area (Å²) in [7, 11) is 1.38. The quantitative estimate of drug-likeness (QED) is 0.167. The first-order chi connectivity index (χ1) is 1.91.